The molecule has 30 heavy (non-hydrogen) atoms. The average Bonchev–Trinajstić information content (AvgIpc) is 3.09. The summed E-state index contributed by atoms with van der Waals surface area (Å²) in [5, 5.41) is 17.6. The van der Waals surface area contributed by atoms with Crippen molar-refractivity contribution in [3.63, 3.8) is 0 Å². The molecule has 4 rings (SSSR count). The van der Waals surface area contributed by atoms with Crippen LogP contribution in [0.5, 0.6) is 17.2 Å². The van der Waals surface area contributed by atoms with Gasteiger partial charge in [-0.25, -0.2) is 13.8 Å². The molecule has 0 aliphatic heterocycles. The van der Waals surface area contributed by atoms with Gasteiger partial charge in [-0.1, -0.05) is 0 Å². The number of nitrogens with zero attached hydrogens (tertiary/aromatic N) is 2. The minimum absolute atomic E-state index is 0.0226. The van der Waals surface area contributed by atoms with E-state index in [0.717, 1.165) is 6.07 Å². The normalized spacial score (nSPS) is 11.4. The molecular formula is C21H19F2N3O4. The molecule has 0 fully saturated rings. The summed E-state index contributed by atoms with van der Waals surface area (Å²) in [5.74, 6) is -1.66. The topological polar surface area (TPSA) is 89.5 Å². The Hall–Kier alpha value is -3.46. The fourth-order valence-electron chi connectivity index (χ4n) is 3.44. The number of ether oxygens (including phenoxy) is 3. The van der Waals surface area contributed by atoms with Crippen LogP contribution in [-0.4, -0.2) is 47.7 Å². The number of aromatic hydroxyl groups is 1. The number of rotatable bonds is 6. The Morgan fingerprint density at radius 2 is 1.90 bits per heavy atom. The van der Waals surface area contributed by atoms with E-state index >= 15 is 4.39 Å². The maximum Gasteiger partial charge on any atom is 0.197 e. The van der Waals surface area contributed by atoms with Gasteiger partial charge in [0.05, 0.1) is 19.4 Å². The number of aryl methyl sites for hydroxylation is 1. The van der Waals surface area contributed by atoms with Crippen molar-refractivity contribution in [1.82, 2.24) is 15.2 Å². The van der Waals surface area contributed by atoms with Crippen LogP contribution in [0.15, 0.2) is 24.3 Å². The van der Waals surface area contributed by atoms with Gasteiger partial charge in [0.2, 0.25) is 0 Å². The molecule has 0 amide bonds. The largest absolute Gasteiger partial charge is 0.508 e. The molecule has 2 heterocycles. The lowest BCUT2D eigenvalue weighted by molar-refractivity contribution is 0.144. The van der Waals surface area contributed by atoms with Crippen molar-refractivity contribution in [3.05, 3.63) is 41.6 Å². The Labute approximate surface area is 170 Å². The first-order chi connectivity index (χ1) is 14.5. The van der Waals surface area contributed by atoms with E-state index < -0.39 is 11.6 Å². The second kappa shape index (κ2) is 7.75. The first kappa shape index (κ1) is 19.8. The van der Waals surface area contributed by atoms with E-state index in [4.69, 9.17) is 14.2 Å². The van der Waals surface area contributed by atoms with Crippen molar-refractivity contribution in [3.8, 4) is 28.5 Å². The summed E-state index contributed by atoms with van der Waals surface area (Å²) in [6, 6.07) is 5.22. The maximum absolute atomic E-state index is 15.7. The standard InChI is InChI=1S/C21H19F2N3O4/c1-10-16-13-9-15(30-7-6-28-2)20(29-3)18(23)17(13)19(24-21(16)26-25-10)12-5-4-11(27)8-14(12)22/h4-5,8-9,27H,6-7H2,1-3H3,(H,24,25,26). The van der Waals surface area contributed by atoms with Crippen LogP contribution in [0.1, 0.15) is 5.69 Å². The lowest BCUT2D eigenvalue weighted by Gasteiger charge is -2.16. The Morgan fingerprint density at radius 3 is 2.60 bits per heavy atom. The number of aromatic amines is 1. The Morgan fingerprint density at radius 1 is 1.10 bits per heavy atom. The number of nitrogens with one attached hydrogen (secondary N) is 1. The summed E-state index contributed by atoms with van der Waals surface area (Å²) in [7, 11) is 2.85. The van der Waals surface area contributed by atoms with Gasteiger partial charge in [-0.15, -0.1) is 0 Å². The lowest BCUT2D eigenvalue weighted by Crippen LogP contribution is -2.06. The predicted molar refractivity (Wildman–Crippen MR) is 107 cm³/mol. The second-order valence-corrected chi connectivity index (χ2v) is 6.66. The third-order valence-electron chi connectivity index (χ3n) is 4.80. The number of halogens is 2. The molecule has 0 saturated carbocycles. The van der Waals surface area contributed by atoms with Gasteiger partial charge in [0.25, 0.3) is 0 Å². The Kier molecular flexibility index (Phi) is 5.13. The number of phenols is 1. The smallest absolute Gasteiger partial charge is 0.197 e. The number of hydrogen-bond acceptors (Lipinski definition) is 6. The number of methoxy groups -OCH3 is 2. The highest BCUT2D eigenvalue weighted by atomic mass is 19.1. The summed E-state index contributed by atoms with van der Waals surface area (Å²) in [6.45, 7) is 2.28. The van der Waals surface area contributed by atoms with Crippen LogP contribution in [0.25, 0.3) is 33.1 Å². The van der Waals surface area contributed by atoms with Gasteiger partial charge in [-0.3, -0.25) is 5.10 Å². The van der Waals surface area contributed by atoms with Gasteiger partial charge in [-0.2, -0.15) is 5.10 Å². The molecule has 2 aromatic heterocycles. The summed E-state index contributed by atoms with van der Waals surface area (Å²) in [6.07, 6.45) is 0. The SMILES string of the molecule is COCCOc1cc2c(c(-c3ccc(O)cc3F)nc3n[nH]c(C)c32)c(F)c1OC. The zero-order valence-electron chi connectivity index (χ0n) is 16.5. The highest BCUT2D eigenvalue weighted by Gasteiger charge is 2.24. The molecule has 2 aromatic carbocycles. The second-order valence-electron chi connectivity index (χ2n) is 6.66. The van der Waals surface area contributed by atoms with Crippen molar-refractivity contribution in [2.45, 2.75) is 6.92 Å². The molecule has 156 valence electrons. The van der Waals surface area contributed by atoms with Crippen molar-refractivity contribution in [2.24, 2.45) is 0 Å². The van der Waals surface area contributed by atoms with Crippen LogP contribution >= 0.6 is 0 Å². The van der Waals surface area contributed by atoms with Crippen molar-refractivity contribution in [2.75, 3.05) is 27.4 Å². The molecule has 0 radical (unpaired) electrons. The maximum atomic E-state index is 15.7. The van der Waals surface area contributed by atoms with Gasteiger partial charge in [0.1, 0.15) is 18.2 Å². The third kappa shape index (κ3) is 3.17. The van der Waals surface area contributed by atoms with E-state index in [1.165, 1.54) is 26.4 Å². The lowest BCUT2D eigenvalue weighted by atomic mass is 9.99. The third-order valence-corrected chi connectivity index (χ3v) is 4.80. The molecule has 7 nitrogen and oxygen atoms in total. The van der Waals surface area contributed by atoms with Crippen LogP contribution in [0.2, 0.25) is 0 Å². The van der Waals surface area contributed by atoms with E-state index in [1.54, 1.807) is 13.0 Å². The number of hydrogen-bond donors (Lipinski definition) is 2. The van der Waals surface area contributed by atoms with Gasteiger partial charge in [-0.05, 0) is 25.1 Å². The zero-order chi connectivity index (χ0) is 21.4. The fraction of sp³-hybridized carbons (Fsp3) is 0.238. The highest BCUT2D eigenvalue weighted by Crippen LogP contribution is 2.43. The Bertz CT molecular complexity index is 1260. The molecule has 0 spiro atoms. The van der Waals surface area contributed by atoms with Crippen molar-refractivity contribution < 1.29 is 28.1 Å². The van der Waals surface area contributed by atoms with E-state index in [1.807, 2.05) is 0 Å². The molecule has 4 aromatic rings. The summed E-state index contributed by atoms with van der Waals surface area (Å²) in [4.78, 5) is 4.41. The van der Waals surface area contributed by atoms with Crippen LogP contribution in [-0.2, 0) is 4.74 Å². The van der Waals surface area contributed by atoms with E-state index in [2.05, 4.69) is 15.2 Å². The average molecular weight is 415 g/mol. The number of H-pyrrole nitrogens is 1. The molecule has 0 unspecified atom stereocenters. The first-order valence-electron chi connectivity index (χ1n) is 9.11. The predicted octanol–water partition coefficient (Wildman–Crippen LogP) is 4.10. The van der Waals surface area contributed by atoms with Gasteiger partial charge >= 0.3 is 0 Å². The minimum Gasteiger partial charge on any atom is -0.508 e. The first-order valence-corrected chi connectivity index (χ1v) is 9.11. The highest BCUT2D eigenvalue weighted by molar-refractivity contribution is 6.12. The number of phenolic OH excluding ortho intramolecular Hbond substituents is 1. The van der Waals surface area contributed by atoms with Crippen molar-refractivity contribution in [1.29, 1.82) is 0 Å². The molecule has 9 heteroatoms. The van der Waals surface area contributed by atoms with Crippen LogP contribution < -0.4 is 9.47 Å². The molecule has 0 bridgehead atoms. The van der Waals surface area contributed by atoms with Gasteiger partial charge < -0.3 is 19.3 Å². The Balaban J connectivity index is 2.10. The van der Waals surface area contributed by atoms with Crippen LogP contribution in [0, 0.1) is 18.6 Å². The molecular weight excluding hydrogens is 396 g/mol. The van der Waals surface area contributed by atoms with Crippen LogP contribution in [0.4, 0.5) is 8.78 Å². The number of fused-ring (bicyclic) bond motifs is 3. The van der Waals surface area contributed by atoms with Gasteiger partial charge in [0.15, 0.2) is 23.0 Å². The molecule has 0 saturated heterocycles. The number of aromatic nitrogens is 3. The van der Waals surface area contributed by atoms with Crippen molar-refractivity contribution >= 4 is 21.8 Å². The van der Waals surface area contributed by atoms with Crippen LogP contribution in [0.3, 0.4) is 0 Å². The monoisotopic (exact) mass is 415 g/mol. The summed E-state index contributed by atoms with van der Waals surface area (Å²) in [5.41, 5.74) is 1.04. The quantitative estimate of drug-likeness (QED) is 0.461. The van der Waals surface area contributed by atoms with E-state index in [9.17, 15) is 9.50 Å². The zero-order valence-corrected chi connectivity index (χ0v) is 16.5. The minimum atomic E-state index is -0.741. The summed E-state index contributed by atoms with van der Waals surface area (Å²) < 4.78 is 46.2. The molecule has 2 N–H and O–H groups in total. The van der Waals surface area contributed by atoms with E-state index in [0.29, 0.717) is 28.7 Å². The number of benzene rings is 2. The molecule has 0 aliphatic carbocycles. The van der Waals surface area contributed by atoms with E-state index in [-0.39, 0.29) is 40.5 Å². The fourth-order valence-corrected chi connectivity index (χ4v) is 3.44. The van der Waals surface area contributed by atoms with Gasteiger partial charge in [0, 0.05) is 40.6 Å². The molecule has 0 atom stereocenters. The number of pyridine rings is 1. The molecule has 0 aliphatic rings. The summed E-state index contributed by atoms with van der Waals surface area (Å²) >= 11 is 0.